The van der Waals surface area contributed by atoms with Gasteiger partial charge in [-0.05, 0) is 24.7 Å². The maximum atomic E-state index is 5.62. The van der Waals surface area contributed by atoms with Crippen LogP contribution in [-0.2, 0) is 14.2 Å². The molecule has 0 amide bonds. The molecule has 2 saturated heterocycles. The van der Waals surface area contributed by atoms with E-state index in [9.17, 15) is 0 Å². The van der Waals surface area contributed by atoms with Crippen LogP contribution in [0.3, 0.4) is 0 Å². The minimum Gasteiger partial charge on any atom is -0.369 e. The molecule has 72 valence electrons. The van der Waals surface area contributed by atoms with Gasteiger partial charge in [0.05, 0.1) is 25.4 Å². The number of ether oxygens (including phenoxy) is 3. The summed E-state index contributed by atoms with van der Waals surface area (Å²) in [5.41, 5.74) is 0. The maximum Gasteiger partial charge on any atom is 0.160 e. The van der Waals surface area contributed by atoms with E-state index < -0.39 is 0 Å². The Morgan fingerprint density at radius 1 is 0.846 bits per heavy atom. The van der Waals surface area contributed by atoms with Gasteiger partial charge in [0.15, 0.2) is 6.29 Å². The molecule has 3 nitrogen and oxygen atoms in total. The average Bonchev–Trinajstić information content (AvgIpc) is 2.61. The van der Waals surface area contributed by atoms with Gasteiger partial charge < -0.3 is 14.2 Å². The maximum absolute atomic E-state index is 5.62. The van der Waals surface area contributed by atoms with Gasteiger partial charge in [0.2, 0.25) is 0 Å². The molecule has 4 rings (SSSR count). The Bertz CT molecular complexity index is 236. The molecule has 4 aliphatic rings. The first kappa shape index (κ1) is 7.21. The number of hydrogen-bond acceptors (Lipinski definition) is 3. The van der Waals surface area contributed by atoms with Crippen LogP contribution in [-0.4, -0.2) is 31.7 Å². The molecule has 0 aromatic carbocycles. The lowest BCUT2D eigenvalue weighted by Gasteiger charge is -2.23. The molecular weight excluding hydrogens is 168 g/mol. The van der Waals surface area contributed by atoms with Gasteiger partial charge >= 0.3 is 0 Å². The Morgan fingerprint density at radius 2 is 1.62 bits per heavy atom. The fourth-order valence-electron chi connectivity index (χ4n) is 3.59. The molecule has 0 aromatic rings. The molecule has 0 aromatic heterocycles. The highest BCUT2D eigenvalue weighted by Crippen LogP contribution is 2.60. The molecule has 2 saturated carbocycles. The SMILES string of the molecule is C1COC(C2CC3CC2C2OC32)O1. The predicted octanol–water partition coefficient (Wildman–Crippen LogP) is 0.783. The van der Waals surface area contributed by atoms with Gasteiger partial charge in [0.25, 0.3) is 0 Å². The second kappa shape index (κ2) is 2.27. The molecule has 13 heavy (non-hydrogen) atoms. The van der Waals surface area contributed by atoms with Gasteiger partial charge in [0, 0.05) is 5.92 Å². The Morgan fingerprint density at radius 3 is 2.31 bits per heavy atom. The van der Waals surface area contributed by atoms with Gasteiger partial charge in [-0.2, -0.15) is 0 Å². The van der Waals surface area contributed by atoms with Crippen molar-refractivity contribution in [3.05, 3.63) is 0 Å². The summed E-state index contributed by atoms with van der Waals surface area (Å²) in [6.45, 7) is 1.57. The van der Waals surface area contributed by atoms with Crippen LogP contribution in [0.2, 0.25) is 0 Å². The van der Waals surface area contributed by atoms with Gasteiger partial charge in [-0.15, -0.1) is 0 Å². The second-order valence-corrected chi connectivity index (χ2v) is 4.73. The minimum absolute atomic E-state index is 0.0974. The van der Waals surface area contributed by atoms with Crippen molar-refractivity contribution >= 4 is 0 Å². The molecular formula is C10H14O3. The molecule has 0 spiro atoms. The van der Waals surface area contributed by atoms with Crippen LogP contribution >= 0.6 is 0 Å². The van der Waals surface area contributed by atoms with Crippen molar-refractivity contribution in [2.75, 3.05) is 13.2 Å². The van der Waals surface area contributed by atoms with Crippen molar-refractivity contribution in [3.8, 4) is 0 Å². The highest BCUT2D eigenvalue weighted by atomic mass is 16.7. The normalized spacial score (nSPS) is 58.6. The van der Waals surface area contributed by atoms with E-state index in [0.717, 1.165) is 25.0 Å². The van der Waals surface area contributed by atoms with E-state index in [-0.39, 0.29) is 6.29 Å². The average molecular weight is 182 g/mol. The summed E-state index contributed by atoms with van der Waals surface area (Å²) in [6.07, 6.45) is 3.94. The zero-order valence-electron chi connectivity index (χ0n) is 7.52. The van der Waals surface area contributed by atoms with Crippen molar-refractivity contribution in [3.63, 3.8) is 0 Å². The third-order valence-electron chi connectivity index (χ3n) is 4.14. The Kier molecular flexibility index (Phi) is 1.26. The summed E-state index contributed by atoms with van der Waals surface area (Å²) < 4.78 is 16.8. The third-order valence-corrected chi connectivity index (χ3v) is 4.14. The first-order valence-corrected chi connectivity index (χ1v) is 5.32. The number of hydrogen-bond donors (Lipinski definition) is 0. The summed E-state index contributed by atoms with van der Waals surface area (Å²) in [5.74, 6) is 2.21. The second-order valence-electron chi connectivity index (χ2n) is 4.73. The molecule has 2 heterocycles. The van der Waals surface area contributed by atoms with Crippen LogP contribution in [0.15, 0.2) is 0 Å². The monoisotopic (exact) mass is 182 g/mol. The van der Waals surface area contributed by atoms with Crippen LogP contribution in [0.25, 0.3) is 0 Å². The Labute approximate surface area is 77.3 Å². The Balaban J connectivity index is 1.56. The fourth-order valence-corrected chi connectivity index (χ4v) is 3.59. The van der Waals surface area contributed by atoms with Crippen LogP contribution in [0, 0.1) is 17.8 Å². The lowest BCUT2D eigenvalue weighted by atomic mass is 9.88. The van der Waals surface area contributed by atoms with Gasteiger partial charge in [-0.3, -0.25) is 0 Å². The summed E-state index contributed by atoms with van der Waals surface area (Å²) in [5, 5.41) is 0. The summed E-state index contributed by atoms with van der Waals surface area (Å²) in [7, 11) is 0. The summed E-state index contributed by atoms with van der Waals surface area (Å²) >= 11 is 0. The molecule has 0 N–H and O–H groups in total. The first-order valence-electron chi connectivity index (χ1n) is 5.32. The fraction of sp³-hybridized carbons (Fsp3) is 1.00. The van der Waals surface area contributed by atoms with E-state index in [2.05, 4.69) is 0 Å². The van der Waals surface area contributed by atoms with E-state index in [1.54, 1.807) is 0 Å². The van der Waals surface area contributed by atoms with Gasteiger partial charge in [0.1, 0.15) is 0 Å². The van der Waals surface area contributed by atoms with E-state index >= 15 is 0 Å². The Hall–Kier alpha value is -0.120. The van der Waals surface area contributed by atoms with Gasteiger partial charge in [-0.1, -0.05) is 0 Å². The first-order chi connectivity index (χ1) is 6.43. The summed E-state index contributed by atoms with van der Waals surface area (Å²) in [6, 6.07) is 0. The topological polar surface area (TPSA) is 31.0 Å². The zero-order chi connectivity index (χ0) is 8.41. The zero-order valence-corrected chi connectivity index (χ0v) is 7.52. The molecule has 5 unspecified atom stereocenters. The van der Waals surface area contributed by atoms with Crippen LogP contribution in [0.5, 0.6) is 0 Å². The van der Waals surface area contributed by atoms with Crippen molar-refractivity contribution in [1.82, 2.24) is 0 Å². The van der Waals surface area contributed by atoms with Gasteiger partial charge in [-0.25, -0.2) is 0 Å². The van der Waals surface area contributed by atoms with Crippen molar-refractivity contribution in [2.24, 2.45) is 17.8 Å². The van der Waals surface area contributed by atoms with E-state index in [1.807, 2.05) is 0 Å². The highest BCUT2D eigenvalue weighted by Gasteiger charge is 2.64. The van der Waals surface area contributed by atoms with E-state index in [4.69, 9.17) is 14.2 Å². The largest absolute Gasteiger partial charge is 0.369 e. The van der Waals surface area contributed by atoms with E-state index in [1.165, 1.54) is 12.8 Å². The minimum atomic E-state index is 0.0974. The molecule has 0 radical (unpaired) electrons. The molecule has 4 fully saturated rings. The number of fused-ring (bicyclic) bond motifs is 5. The van der Waals surface area contributed by atoms with Crippen molar-refractivity contribution in [1.29, 1.82) is 0 Å². The lowest BCUT2D eigenvalue weighted by Crippen LogP contribution is -2.29. The smallest absolute Gasteiger partial charge is 0.160 e. The molecule has 2 aliphatic heterocycles. The van der Waals surface area contributed by atoms with Crippen molar-refractivity contribution in [2.45, 2.75) is 31.3 Å². The standard InChI is InChI=1S/C10H14O3/c1-2-12-10(11-1)7-4-5-3-6(7)9-8(5)13-9/h5-10H,1-4H2. The molecule has 2 bridgehead atoms. The molecule has 2 aliphatic carbocycles. The molecule has 5 atom stereocenters. The van der Waals surface area contributed by atoms with Crippen LogP contribution in [0.1, 0.15) is 12.8 Å². The number of epoxide rings is 1. The quantitative estimate of drug-likeness (QED) is 0.561. The lowest BCUT2D eigenvalue weighted by molar-refractivity contribution is -0.0967. The van der Waals surface area contributed by atoms with E-state index in [0.29, 0.717) is 18.1 Å². The van der Waals surface area contributed by atoms with Crippen molar-refractivity contribution < 1.29 is 14.2 Å². The summed E-state index contributed by atoms with van der Waals surface area (Å²) in [4.78, 5) is 0. The van der Waals surface area contributed by atoms with Crippen LogP contribution in [0.4, 0.5) is 0 Å². The third kappa shape index (κ3) is 0.853. The highest BCUT2D eigenvalue weighted by molar-refractivity contribution is 5.11. The number of rotatable bonds is 1. The predicted molar refractivity (Wildman–Crippen MR) is 44.1 cm³/mol. The van der Waals surface area contributed by atoms with Crippen LogP contribution < -0.4 is 0 Å². The molecule has 3 heteroatoms.